The van der Waals surface area contributed by atoms with Crippen molar-refractivity contribution < 1.29 is 9.13 Å². The zero-order chi connectivity index (χ0) is 17.6. The molecule has 1 N–H and O–H groups in total. The van der Waals surface area contributed by atoms with Gasteiger partial charge in [-0.3, -0.25) is 5.43 Å². The summed E-state index contributed by atoms with van der Waals surface area (Å²) in [6.07, 6.45) is 1.70. The summed E-state index contributed by atoms with van der Waals surface area (Å²) in [5, 5.41) is 4.14. The average molecular weight is 334 g/mol. The summed E-state index contributed by atoms with van der Waals surface area (Å²) in [5.74, 6) is 1.37. The fourth-order valence-electron chi connectivity index (χ4n) is 2.29. The molecule has 0 aliphatic rings. The first-order valence-corrected chi connectivity index (χ1v) is 8.00. The summed E-state index contributed by atoms with van der Waals surface area (Å²) < 4.78 is 18.8. The molecule has 0 saturated heterocycles. The Morgan fingerprint density at radius 1 is 0.920 bits per heavy atom. The van der Waals surface area contributed by atoms with E-state index >= 15 is 0 Å². The zero-order valence-electron chi connectivity index (χ0n) is 14.2. The van der Waals surface area contributed by atoms with Gasteiger partial charge in [-0.15, -0.1) is 0 Å². The fourth-order valence-corrected chi connectivity index (χ4v) is 2.29. The lowest BCUT2D eigenvalue weighted by atomic mass is 10.1. The Labute approximate surface area is 146 Å². The number of nitrogens with zero attached hydrogens (tertiary/aromatic N) is 1. The molecule has 4 heteroatoms. The minimum Gasteiger partial charge on any atom is -0.457 e. The van der Waals surface area contributed by atoms with Crippen molar-refractivity contribution in [2.45, 2.75) is 13.8 Å². The quantitative estimate of drug-likeness (QED) is 0.481. The van der Waals surface area contributed by atoms with E-state index in [1.165, 1.54) is 17.7 Å². The molecular formula is C21H19FN2O. The summed E-state index contributed by atoms with van der Waals surface area (Å²) in [6, 6.07) is 19.7. The molecular weight excluding hydrogens is 315 g/mol. The lowest BCUT2D eigenvalue weighted by Crippen LogP contribution is -1.92. The molecule has 0 atom stereocenters. The number of hydrazone groups is 1. The van der Waals surface area contributed by atoms with Gasteiger partial charge in [0.1, 0.15) is 17.3 Å². The number of rotatable bonds is 5. The molecule has 126 valence electrons. The molecule has 0 unspecified atom stereocenters. The van der Waals surface area contributed by atoms with Gasteiger partial charge in [-0.25, -0.2) is 4.39 Å². The molecule has 3 aromatic rings. The van der Waals surface area contributed by atoms with Crippen molar-refractivity contribution in [3.8, 4) is 11.5 Å². The molecule has 0 aromatic heterocycles. The Hall–Kier alpha value is -3.14. The Balaban J connectivity index is 1.63. The van der Waals surface area contributed by atoms with Crippen LogP contribution in [-0.2, 0) is 0 Å². The molecule has 3 rings (SSSR count). The minimum absolute atomic E-state index is 0.269. The average Bonchev–Trinajstić information content (AvgIpc) is 2.62. The van der Waals surface area contributed by atoms with Crippen molar-refractivity contribution >= 4 is 11.9 Å². The molecule has 0 aliphatic carbocycles. The molecule has 0 heterocycles. The molecule has 3 aromatic carbocycles. The predicted molar refractivity (Wildman–Crippen MR) is 100 cm³/mol. The van der Waals surface area contributed by atoms with Gasteiger partial charge >= 0.3 is 0 Å². The van der Waals surface area contributed by atoms with Gasteiger partial charge in [0.05, 0.1) is 11.9 Å². The van der Waals surface area contributed by atoms with Gasteiger partial charge in [0.15, 0.2) is 0 Å². The van der Waals surface area contributed by atoms with Crippen molar-refractivity contribution in [1.29, 1.82) is 0 Å². The number of anilines is 1. The minimum atomic E-state index is -0.269. The smallest absolute Gasteiger partial charge is 0.130 e. The maximum Gasteiger partial charge on any atom is 0.130 e. The maximum absolute atomic E-state index is 12.8. The number of nitrogens with one attached hydrogen (secondary N) is 1. The van der Waals surface area contributed by atoms with Gasteiger partial charge in [0, 0.05) is 0 Å². The molecule has 25 heavy (non-hydrogen) atoms. The molecule has 3 nitrogen and oxygen atoms in total. The van der Waals surface area contributed by atoms with Crippen LogP contribution >= 0.6 is 0 Å². The van der Waals surface area contributed by atoms with Crippen LogP contribution in [0.5, 0.6) is 11.5 Å². The normalized spacial score (nSPS) is 10.8. The summed E-state index contributed by atoms with van der Waals surface area (Å²) in [5.41, 5.74) is 6.86. The van der Waals surface area contributed by atoms with Crippen LogP contribution in [0.15, 0.2) is 71.8 Å². The lowest BCUT2D eigenvalue weighted by molar-refractivity contribution is 0.478. The van der Waals surface area contributed by atoms with Gasteiger partial charge in [-0.1, -0.05) is 12.1 Å². The van der Waals surface area contributed by atoms with E-state index in [1.807, 2.05) is 43.3 Å². The van der Waals surface area contributed by atoms with E-state index in [2.05, 4.69) is 23.5 Å². The highest BCUT2D eigenvalue weighted by atomic mass is 19.1. The van der Waals surface area contributed by atoms with Crippen LogP contribution in [-0.4, -0.2) is 6.21 Å². The largest absolute Gasteiger partial charge is 0.457 e. The molecule has 0 radical (unpaired) electrons. The molecule has 0 amide bonds. The second-order valence-electron chi connectivity index (χ2n) is 5.75. The Kier molecular flexibility index (Phi) is 5.09. The second-order valence-corrected chi connectivity index (χ2v) is 5.75. The monoisotopic (exact) mass is 334 g/mol. The number of hydrogen-bond donors (Lipinski definition) is 1. The van der Waals surface area contributed by atoms with Crippen LogP contribution in [0, 0.1) is 19.7 Å². The third kappa shape index (κ3) is 4.44. The molecule has 0 spiro atoms. The standard InChI is InChI=1S/C21H19FN2O/c1-15-4-3-5-21(16(15)2)25-20-12-6-17(7-13-20)14-23-24-19-10-8-18(22)9-11-19/h3-14,24H,1-2H3. The summed E-state index contributed by atoms with van der Waals surface area (Å²) in [7, 11) is 0. The highest BCUT2D eigenvalue weighted by Crippen LogP contribution is 2.26. The van der Waals surface area contributed by atoms with Gasteiger partial charge in [0.2, 0.25) is 0 Å². The molecule has 0 fully saturated rings. The van der Waals surface area contributed by atoms with Gasteiger partial charge in [-0.2, -0.15) is 5.10 Å². The van der Waals surface area contributed by atoms with Crippen LogP contribution in [0.3, 0.4) is 0 Å². The second kappa shape index (κ2) is 7.62. The third-order valence-corrected chi connectivity index (χ3v) is 3.91. The molecule has 0 aliphatic heterocycles. The Morgan fingerprint density at radius 3 is 2.36 bits per heavy atom. The van der Waals surface area contributed by atoms with Gasteiger partial charge in [-0.05, 0) is 85.1 Å². The third-order valence-electron chi connectivity index (χ3n) is 3.91. The van der Waals surface area contributed by atoms with Gasteiger partial charge < -0.3 is 4.74 Å². The van der Waals surface area contributed by atoms with Crippen LogP contribution in [0.25, 0.3) is 0 Å². The maximum atomic E-state index is 12.8. The van der Waals surface area contributed by atoms with E-state index in [1.54, 1.807) is 18.3 Å². The van der Waals surface area contributed by atoms with Crippen LogP contribution in [0.2, 0.25) is 0 Å². The molecule has 0 bridgehead atoms. The highest BCUT2D eigenvalue weighted by Gasteiger charge is 2.03. The van der Waals surface area contributed by atoms with Crippen LogP contribution in [0.1, 0.15) is 16.7 Å². The fraction of sp³-hybridized carbons (Fsp3) is 0.0952. The van der Waals surface area contributed by atoms with Crippen LogP contribution < -0.4 is 10.2 Å². The predicted octanol–water partition coefficient (Wildman–Crippen LogP) is 5.68. The summed E-state index contributed by atoms with van der Waals surface area (Å²) >= 11 is 0. The lowest BCUT2D eigenvalue weighted by Gasteiger charge is -2.10. The van der Waals surface area contributed by atoms with E-state index < -0.39 is 0 Å². The highest BCUT2D eigenvalue weighted by molar-refractivity contribution is 5.80. The van der Waals surface area contributed by atoms with E-state index in [0.29, 0.717) is 0 Å². The van der Waals surface area contributed by atoms with Crippen molar-refractivity contribution in [2.75, 3.05) is 5.43 Å². The number of aryl methyl sites for hydroxylation is 1. The van der Waals surface area contributed by atoms with Crippen molar-refractivity contribution in [2.24, 2.45) is 5.10 Å². The SMILES string of the molecule is Cc1cccc(Oc2ccc(C=NNc3ccc(F)cc3)cc2)c1C. The van der Waals surface area contributed by atoms with E-state index in [0.717, 1.165) is 28.3 Å². The first kappa shape index (κ1) is 16.7. The van der Waals surface area contributed by atoms with Gasteiger partial charge in [0.25, 0.3) is 0 Å². The zero-order valence-corrected chi connectivity index (χ0v) is 14.2. The first-order valence-electron chi connectivity index (χ1n) is 8.00. The topological polar surface area (TPSA) is 33.6 Å². The molecule has 0 saturated carbocycles. The Morgan fingerprint density at radius 2 is 1.64 bits per heavy atom. The van der Waals surface area contributed by atoms with Crippen molar-refractivity contribution in [1.82, 2.24) is 0 Å². The number of ether oxygens (including phenoxy) is 1. The Bertz CT molecular complexity index is 871. The van der Waals surface area contributed by atoms with E-state index in [9.17, 15) is 4.39 Å². The number of halogens is 1. The van der Waals surface area contributed by atoms with Crippen molar-refractivity contribution in [3.63, 3.8) is 0 Å². The number of hydrogen-bond acceptors (Lipinski definition) is 3. The first-order chi connectivity index (χ1) is 12.1. The van der Waals surface area contributed by atoms with E-state index in [4.69, 9.17) is 4.74 Å². The van der Waals surface area contributed by atoms with E-state index in [-0.39, 0.29) is 5.82 Å². The van der Waals surface area contributed by atoms with Crippen molar-refractivity contribution in [3.05, 3.63) is 89.2 Å². The van der Waals surface area contributed by atoms with Crippen LogP contribution in [0.4, 0.5) is 10.1 Å². The summed E-state index contributed by atoms with van der Waals surface area (Å²) in [4.78, 5) is 0. The number of benzene rings is 3. The summed E-state index contributed by atoms with van der Waals surface area (Å²) in [6.45, 7) is 4.11.